The minimum absolute atomic E-state index is 0.0376. The average Bonchev–Trinajstić information content (AvgIpc) is 3.33. The summed E-state index contributed by atoms with van der Waals surface area (Å²) < 4.78 is 5.45. The Balaban J connectivity index is 3.49. The molecule has 2 unspecified atom stereocenters. The number of hydrogen-bond acceptors (Lipinski definition) is 5. The highest BCUT2D eigenvalue weighted by molar-refractivity contribution is 5.76. The second kappa shape index (κ2) is 56.9. The van der Waals surface area contributed by atoms with E-state index >= 15 is 0 Å². The molecule has 6 nitrogen and oxygen atoms in total. The Labute approximate surface area is 418 Å². The van der Waals surface area contributed by atoms with Gasteiger partial charge in [-0.15, -0.1) is 0 Å². The van der Waals surface area contributed by atoms with E-state index in [1.807, 2.05) is 0 Å². The number of unbranched alkanes of at least 4 members (excludes halogenated alkanes) is 41. The maximum atomic E-state index is 12.5. The minimum Gasteiger partial charge on any atom is -0.466 e. The summed E-state index contributed by atoms with van der Waals surface area (Å²) in [6, 6.07) is -0.564. The van der Waals surface area contributed by atoms with Gasteiger partial charge in [0.15, 0.2) is 0 Å². The smallest absolute Gasteiger partial charge is 0.305 e. The van der Waals surface area contributed by atoms with Crippen LogP contribution in [0.5, 0.6) is 0 Å². The molecule has 0 aliphatic rings. The summed E-state index contributed by atoms with van der Waals surface area (Å²) in [7, 11) is 0. The predicted molar refractivity (Wildman–Crippen MR) is 292 cm³/mol. The number of allylic oxidation sites excluding steroid dienone is 4. The van der Waals surface area contributed by atoms with E-state index in [2.05, 4.69) is 43.5 Å². The van der Waals surface area contributed by atoms with Gasteiger partial charge in [0.2, 0.25) is 5.91 Å². The number of esters is 1. The number of nitrogens with one attached hydrogen (secondary N) is 1. The molecule has 1 amide bonds. The molecule has 67 heavy (non-hydrogen) atoms. The van der Waals surface area contributed by atoms with Crippen molar-refractivity contribution in [3.8, 4) is 0 Å². The molecule has 0 radical (unpaired) electrons. The number of carbonyl (C=O) groups is 2. The lowest BCUT2D eigenvalue weighted by molar-refractivity contribution is -0.143. The number of carbonyl (C=O) groups excluding carboxylic acids is 2. The summed E-state index contributed by atoms with van der Waals surface area (Å²) in [6.45, 7) is 4.89. The van der Waals surface area contributed by atoms with Gasteiger partial charge in [0.05, 0.1) is 25.4 Å². The topological polar surface area (TPSA) is 95.9 Å². The standard InChI is InChI=1S/C61H117NO5/c1-3-5-7-9-11-13-15-17-19-21-22-23-24-25-26-27-28-30-33-37-41-45-49-53-59(64)58(57-63)62-60(65)54-50-46-42-38-34-32-36-40-44-48-52-56-67-61(66)55-51-47-43-39-35-31-29-20-18-16-14-12-10-8-6-4-2/h20,29,36,40,58-59,63-64H,3-19,21-28,30-35,37-39,41-57H2,1-2H3,(H,62,65)/b29-20-,40-36-. The molecule has 0 aromatic heterocycles. The van der Waals surface area contributed by atoms with E-state index in [0.29, 0.717) is 25.9 Å². The van der Waals surface area contributed by atoms with Gasteiger partial charge in [-0.25, -0.2) is 0 Å². The van der Waals surface area contributed by atoms with Crippen LogP contribution < -0.4 is 5.32 Å². The summed E-state index contributed by atoms with van der Waals surface area (Å²) in [5, 5.41) is 23.3. The van der Waals surface area contributed by atoms with Gasteiger partial charge in [-0.3, -0.25) is 9.59 Å². The van der Waals surface area contributed by atoms with Crippen molar-refractivity contribution in [3.05, 3.63) is 24.3 Å². The van der Waals surface area contributed by atoms with Crippen LogP contribution in [0.1, 0.15) is 328 Å². The molecule has 0 fully saturated rings. The molecule has 2 atom stereocenters. The monoisotopic (exact) mass is 944 g/mol. The number of aliphatic hydroxyl groups is 2. The molecule has 396 valence electrons. The SMILES string of the molecule is CCCCCCCCC/C=C\CCCCCCCC(=O)OCCCC/C=C\CCCCCCCC(=O)NC(CO)C(O)CCCCCCCCCCCCCCCCCCCCCCCCC. The van der Waals surface area contributed by atoms with Gasteiger partial charge < -0.3 is 20.3 Å². The summed E-state index contributed by atoms with van der Waals surface area (Å²) in [5.41, 5.74) is 0. The van der Waals surface area contributed by atoms with Crippen LogP contribution in [0.15, 0.2) is 24.3 Å². The van der Waals surface area contributed by atoms with Crippen molar-refractivity contribution in [3.63, 3.8) is 0 Å². The lowest BCUT2D eigenvalue weighted by atomic mass is 10.0. The lowest BCUT2D eigenvalue weighted by Gasteiger charge is -2.22. The summed E-state index contributed by atoms with van der Waals surface area (Å²) in [4.78, 5) is 24.6. The van der Waals surface area contributed by atoms with E-state index in [0.717, 1.165) is 83.5 Å². The highest BCUT2D eigenvalue weighted by Crippen LogP contribution is 2.17. The van der Waals surface area contributed by atoms with Crippen LogP contribution in [-0.4, -0.2) is 47.4 Å². The zero-order valence-corrected chi connectivity index (χ0v) is 45.1. The molecule has 0 aliphatic heterocycles. The maximum absolute atomic E-state index is 12.5. The molecule has 0 aromatic rings. The summed E-state index contributed by atoms with van der Waals surface area (Å²) in [6.07, 6.45) is 68.9. The van der Waals surface area contributed by atoms with Crippen molar-refractivity contribution in [2.24, 2.45) is 0 Å². The predicted octanol–water partition coefficient (Wildman–Crippen LogP) is 18.6. The van der Waals surface area contributed by atoms with Gasteiger partial charge in [-0.2, -0.15) is 0 Å². The largest absolute Gasteiger partial charge is 0.466 e. The normalized spacial score (nSPS) is 12.7. The zero-order chi connectivity index (χ0) is 48.6. The van der Waals surface area contributed by atoms with E-state index < -0.39 is 12.1 Å². The van der Waals surface area contributed by atoms with Crippen molar-refractivity contribution in [1.29, 1.82) is 0 Å². The third-order valence-corrected chi connectivity index (χ3v) is 14.0. The average molecular weight is 945 g/mol. The number of hydrogen-bond donors (Lipinski definition) is 3. The minimum atomic E-state index is -0.684. The second-order valence-electron chi connectivity index (χ2n) is 20.7. The van der Waals surface area contributed by atoms with Crippen LogP contribution >= 0.6 is 0 Å². The fourth-order valence-electron chi connectivity index (χ4n) is 9.34. The third kappa shape index (κ3) is 53.5. The molecule has 0 heterocycles. The van der Waals surface area contributed by atoms with Crippen LogP contribution in [0.2, 0.25) is 0 Å². The molecule has 0 aliphatic carbocycles. The number of rotatable bonds is 56. The summed E-state index contributed by atoms with van der Waals surface area (Å²) in [5.74, 6) is -0.0990. The molecular weight excluding hydrogens is 827 g/mol. The Hall–Kier alpha value is -1.66. The maximum Gasteiger partial charge on any atom is 0.305 e. The summed E-state index contributed by atoms with van der Waals surface area (Å²) >= 11 is 0. The number of aliphatic hydroxyl groups excluding tert-OH is 2. The molecule has 0 rings (SSSR count). The third-order valence-electron chi connectivity index (χ3n) is 14.0. The Morgan fingerprint density at radius 2 is 0.701 bits per heavy atom. The second-order valence-corrected chi connectivity index (χ2v) is 20.7. The van der Waals surface area contributed by atoms with E-state index in [1.54, 1.807) is 0 Å². The van der Waals surface area contributed by atoms with Gasteiger partial charge in [0.25, 0.3) is 0 Å². The van der Waals surface area contributed by atoms with Crippen molar-refractivity contribution in [2.45, 2.75) is 341 Å². The molecule has 0 bridgehead atoms. The Kier molecular flexibility index (Phi) is 55.5. The van der Waals surface area contributed by atoms with Crippen molar-refractivity contribution >= 4 is 11.9 Å². The fourth-order valence-corrected chi connectivity index (χ4v) is 9.34. The van der Waals surface area contributed by atoms with Crippen LogP contribution in [0.3, 0.4) is 0 Å². The molecule has 3 N–H and O–H groups in total. The Bertz CT molecular complexity index is 1040. The highest BCUT2D eigenvalue weighted by atomic mass is 16.5. The van der Waals surface area contributed by atoms with Crippen LogP contribution in [0.25, 0.3) is 0 Å². The Morgan fingerprint density at radius 3 is 1.06 bits per heavy atom. The molecule has 0 aromatic carbocycles. The van der Waals surface area contributed by atoms with E-state index in [4.69, 9.17) is 4.74 Å². The lowest BCUT2D eigenvalue weighted by Crippen LogP contribution is -2.45. The first kappa shape index (κ1) is 65.3. The van der Waals surface area contributed by atoms with Gasteiger partial charge in [0, 0.05) is 12.8 Å². The van der Waals surface area contributed by atoms with Crippen molar-refractivity contribution in [1.82, 2.24) is 5.32 Å². The van der Waals surface area contributed by atoms with Crippen LogP contribution in [0.4, 0.5) is 0 Å². The van der Waals surface area contributed by atoms with Crippen molar-refractivity contribution < 1.29 is 24.5 Å². The number of ether oxygens (including phenoxy) is 1. The Morgan fingerprint density at radius 1 is 0.403 bits per heavy atom. The molecule has 0 saturated heterocycles. The van der Waals surface area contributed by atoms with E-state index in [1.165, 1.54) is 212 Å². The highest BCUT2D eigenvalue weighted by Gasteiger charge is 2.20. The van der Waals surface area contributed by atoms with Gasteiger partial charge in [0.1, 0.15) is 0 Å². The number of amides is 1. The van der Waals surface area contributed by atoms with E-state index in [9.17, 15) is 19.8 Å². The molecule has 0 spiro atoms. The fraction of sp³-hybridized carbons (Fsp3) is 0.902. The van der Waals surface area contributed by atoms with Crippen LogP contribution in [0, 0.1) is 0 Å². The molecular formula is C61H117NO5. The van der Waals surface area contributed by atoms with Crippen LogP contribution in [-0.2, 0) is 14.3 Å². The molecule has 0 saturated carbocycles. The molecule has 6 heteroatoms. The van der Waals surface area contributed by atoms with E-state index in [-0.39, 0.29) is 18.5 Å². The van der Waals surface area contributed by atoms with Crippen molar-refractivity contribution in [2.75, 3.05) is 13.2 Å². The zero-order valence-electron chi connectivity index (χ0n) is 45.1. The van der Waals surface area contributed by atoms with Gasteiger partial charge in [-0.05, 0) is 77.0 Å². The van der Waals surface area contributed by atoms with Gasteiger partial charge >= 0.3 is 5.97 Å². The van der Waals surface area contributed by atoms with Gasteiger partial charge in [-0.1, -0.05) is 263 Å². The first-order chi connectivity index (χ1) is 33.0. The quantitative estimate of drug-likeness (QED) is 0.0321. The first-order valence-electron chi connectivity index (χ1n) is 30.1. The first-order valence-corrected chi connectivity index (χ1v) is 30.1.